The van der Waals surface area contributed by atoms with Gasteiger partial charge in [-0.2, -0.15) is 0 Å². The first-order chi connectivity index (χ1) is 9.61. The van der Waals surface area contributed by atoms with Crippen molar-refractivity contribution in [1.29, 1.82) is 0 Å². The molecule has 108 valence electrons. The van der Waals surface area contributed by atoms with Crippen LogP contribution in [0.1, 0.15) is 36.5 Å². The quantitative estimate of drug-likeness (QED) is 0.810. The minimum absolute atomic E-state index is 0.0349. The number of nitrogens with zero attached hydrogens (tertiary/aromatic N) is 1. The number of benzene rings is 1. The third-order valence-corrected chi connectivity index (χ3v) is 3.64. The van der Waals surface area contributed by atoms with Crippen LogP contribution in [0.3, 0.4) is 0 Å². The van der Waals surface area contributed by atoms with E-state index in [9.17, 15) is 9.59 Å². The van der Waals surface area contributed by atoms with Gasteiger partial charge < -0.3 is 15.3 Å². The summed E-state index contributed by atoms with van der Waals surface area (Å²) in [5.74, 6) is -0.0349. The Morgan fingerprint density at radius 1 is 1.40 bits per heavy atom. The van der Waals surface area contributed by atoms with Crippen LogP contribution in [0.5, 0.6) is 0 Å². The Kier molecular flexibility index (Phi) is 4.74. The summed E-state index contributed by atoms with van der Waals surface area (Å²) in [6.45, 7) is 1.79. The molecule has 2 N–H and O–H groups in total. The van der Waals surface area contributed by atoms with E-state index in [1.807, 2.05) is 0 Å². The van der Waals surface area contributed by atoms with E-state index in [-0.39, 0.29) is 24.5 Å². The summed E-state index contributed by atoms with van der Waals surface area (Å²) in [7, 11) is 0. The van der Waals surface area contributed by atoms with E-state index in [0.29, 0.717) is 17.8 Å². The Hall–Kier alpha value is -1.88. The number of aliphatic hydroxyl groups is 1. The van der Waals surface area contributed by atoms with E-state index in [1.54, 1.807) is 29.2 Å². The van der Waals surface area contributed by atoms with Crippen LogP contribution in [0, 0.1) is 0 Å². The van der Waals surface area contributed by atoms with E-state index in [4.69, 9.17) is 5.11 Å². The largest absolute Gasteiger partial charge is 0.395 e. The molecule has 1 fully saturated rings. The number of urea groups is 1. The minimum atomic E-state index is -0.218. The number of carbonyl (C=O) groups excluding carboxylic acids is 2. The Morgan fingerprint density at radius 2 is 2.15 bits per heavy atom. The molecule has 2 amide bonds. The average Bonchev–Trinajstić information content (AvgIpc) is 2.36. The van der Waals surface area contributed by atoms with E-state index >= 15 is 0 Å². The number of rotatable bonds is 5. The fourth-order valence-corrected chi connectivity index (χ4v) is 2.27. The monoisotopic (exact) mass is 276 g/mol. The number of hydrogen-bond donors (Lipinski definition) is 2. The normalized spacial score (nSPS) is 14.5. The first-order valence-corrected chi connectivity index (χ1v) is 6.91. The maximum Gasteiger partial charge on any atom is 0.322 e. The number of amides is 2. The molecular formula is C15H20N2O3. The molecule has 0 unspecified atom stereocenters. The van der Waals surface area contributed by atoms with Crippen molar-refractivity contribution in [3.63, 3.8) is 0 Å². The highest BCUT2D eigenvalue weighted by Gasteiger charge is 2.28. The van der Waals surface area contributed by atoms with Gasteiger partial charge in [0, 0.05) is 23.8 Å². The van der Waals surface area contributed by atoms with Crippen LogP contribution < -0.4 is 5.32 Å². The number of hydrogen-bond acceptors (Lipinski definition) is 3. The summed E-state index contributed by atoms with van der Waals surface area (Å²) in [6.07, 6.45) is 3.10. The molecule has 2 rings (SSSR count). The predicted octanol–water partition coefficient (Wildman–Crippen LogP) is 2.27. The third-order valence-electron chi connectivity index (χ3n) is 3.64. The first kappa shape index (κ1) is 14.5. The lowest BCUT2D eigenvalue weighted by Gasteiger charge is -2.37. The number of carbonyl (C=O) groups is 2. The Balaban J connectivity index is 2.05. The highest BCUT2D eigenvalue weighted by Crippen LogP contribution is 2.25. The number of Topliss-reactive ketones (excluding diaryl/α,β-unsaturated/α-hetero) is 1. The summed E-state index contributed by atoms with van der Waals surface area (Å²) in [5, 5.41) is 11.9. The lowest BCUT2D eigenvalue weighted by atomic mass is 9.92. The van der Waals surface area contributed by atoms with Gasteiger partial charge in [-0.3, -0.25) is 4.79 Å². The first-order valence-electron chi connectivity index (χ1n) is 6.91. The van der Waals surface area contributed by atoms with Crippen molar-refractivity contribution in [2.45, 2.75) is 32.2 Å². The van der Waals surface area contributed by atoms with Gasteiger partial charge in [0.1, 0.15) is 0 Å². The Morgan fingerprint density at radius 3 is 2.70 bits per heavy atom. The number of nitrogens with one attached hydrogen (secondary N) is 1. The molecular weight excluding hydrogens is 256 g/mol. The summed E-state index contributed by atoms with van der Waals surface area (Å²) < 4.78 is 0. The zero-order chi connectivity index (χ0) is 14.5. The van der Waals surface area contributed by atoms with Crippen LogP contribution in [0.2, 0.25) is 0 Å². The molecule has 0 atom stereocenters. The van der Waals surface area contributed by atoms with Crippen molar-refractivity contribution in [2.24, 2.45) is 0 Å². The lowest BCUT2D eigenvalue weighted by Crippen LogP contribution is -2.47. The molecule has 0 aliphatic heterocycles. The maximum absolute atomic E-state index is 12.2. The zero-order valence-electron chi connectivity index (χ0n) is 11.6. The van der Waals surface area contributed by atoms with Crippen LogP contribution in [-0.2, 0) is 0 Å². The third kappa shape index (κ3) is 3.36. The fraction of sp³-hybridized carbons (Fsp3) is 0.467. The van der Waals surface area contributed by atoms with Crippen LogP contribution in [0.15, 0.2) is 24.3 Å². The van der Waals surface area contributed by atoms with Gasteiger partial charge >= 0.3 is 6.03 Å². The lowest BCUT2D eigenvalue weighted by molar-refractivity contribution is 0.101. The molecule has 0 spiro atoms. The van der Waals surface area contributed by atoms with Gasteiger partial charge in [-0.1, -0.05) is 12.1 Å². The fourth-order valence-electron chi connectivity index (χ4n) is 2.27. The van der Waals surface area contributed by atoms with Crippen LogP contribution in [0.4, 0.5) is 10.5 Å². The van der Waals surface area contributed by atoms with Crippen LogP contribution >= 0.6 is 0 Å². The molecule has 0 aromatic heterocycles. The van der Waals surface area contributed by atoms with Crippen molar-refractivity contribution in [3.8, 4) is 0 Å². The number of ketones is 1. The molecule has 5 heteroatoms. The SMILES string of the molecule is CC(=O)c1cccc(NC(=O)N(CCO)C2CCC2)c1. The van der Waals surface area contributed by atoms with Crippen molar-refractivity contribution < 1.29 is 14.7 Å². The van der Waals surface area contributed by atoms with Gasteiger partial charge in [0.25, 0.3) is 0 Å². The van der Waals surface area contributed by atoms with Crippen molar-refractivity contribution in [2.75, 3.05) is 18.5 Å². The van der Waals surface area contributed by atoms with E-state index < -0.39 is 0 Å². The molecule has 0 bridgehead atoms. The van der Waals surface area contributed by atoms with Crippen molar-refractivity contribution >= 4 is 17.5 Å². The second kappa shape index (κ2) is 6.52. The molecule has 1 saturated carbocycles. The van der Waals surface area contributed by atoms with Crippen LogP contribution in [-0.4, -0.2) is 41.0 Å². The molecule has 0 saturated heterocycles. The van der Waals surface area contributed by atoms with E-state index in [2.05, 4.69) is 5.32 Å². The molecule has 5 nitrogen and oxygen atoms in total. The Labute approximate surface area is 118 Å². The summed E-state index contributed by atoms with van der Waals surface area (Å²) in [4.78, 5) is 25.2. The standard InChI is InChI=1S/C15H20N2O3/c1-11(19)12-4-2-5-13(10-12)16-15(20)17(8-9-18)14-6-3-7-14/h2,4-5,10,14,18H,3,6-9H2,1H3,(H,16,20). The van der Waals surface area contributed by atoms with Crippen LogP contribution in [0.25, 0.3) is 0 Å². The second-order valence-electron chi connectivity index (χ2n) is 5.07. The highest BCUT2D eigenvalue weighted by atomic mass is 16.3. The van der Waals surface area contributed by atoms with Gasteiger partial charge in [0.15, 0.2) is 5.78 Å². The molecule has 1 aromatic rings. The molecule has 1 aliphatic carbocycles. The van der Waals surface area contributed by atoms with Gasteiger partial charge in [-0.05, 0) is 38.3 Å². The predicted molar refractivity (Wildman–Crippen MR) is 76.9 cm³/mol. The van der Waals surface area contributed by atoms with E-state index in [0.717, 1.165) is 19.3 Å². The Bertz CT molecular complexity index is 498. The zero-order valence-corrected chi connectivity index (χ0v) is 11.6. The van der Waals surface area contributed by atoms with Gasteiger partial charge in [-0.25, -0.2) is 4.79 Å². The van der Waals surface area contributed by atoms with E-state index in [1.165, 1.54) is 6.92 Å². The van der Waals surface area contributed by atoms with Gasteiger partial charge in [-0.15, -0.1) is 0 Å². The average molecular weight is 276 g/mol. The minimum Gasteiger partial charge on any atom is -0.395 e. The summed E-state index contributed by atoms with van der Waals surface area (Å²) >= 11 is 0. The highest BCUT2D eigenvalue weighted by molar-refractivity contribution is 5.96. The topological polar surface area (TPSA) is 69.6 Å². The smallest absolute Gasteiger partial charge is 0.322 e. The second-order valence-corrected chi connectivity index (χ2v) is 5.07. The molecule has 0 radical (unpaired) electrons. The molecule has 1 aliphatic rings. The molecule has 0 heterocycles. The van der Waals surface area contributed by atoms with Gasteiger partial charge in [0.05, 0.1) is 6.61 Å². The summed E-state index contributed by atoms with van der Waals surface area (Å²) in [5.41, 5.74) is 1.17. The molecule has 20 heavy (non-hydrogen) atoms. The van der Waals surface area contributed by atoms with Crippen molar-refractivity contribution in [3.05, 3.63) is 29.8 Å². The van der Waals surface area contributed by atoms with Crippen molar-refractivity contribution in [1.82, 2.24) is 4.90 Å². The van der Waals surface area contributed by atoms with Gasteiger partial charge in [0.2, 0.25) is 0 Å². The number of anilines is 1. The summed E-state index contributed by atoms with van der Waals surface area (Å²) in [6, 6.07) is 6.88. The number of aliphatic hydroxyl groups excluding tert-OH is 1. The molecule has 1 aromatic carbocycles. The maximum atomic E-state index is 12.2.